The smallest absolute Gasteiger partial charge is 0.250 e. The van der Waals surface area contributed by atoms with Crippen molar-refractivity contribution in [2.45, 2.75) is 30.4 Å². The van der Waals surface area contributed by atoms with E-state index in [0.29, 0.717) is 37.6 Å². The van der Waals surface area contributed by atoms with Crippen LogP contribution in [0.4, 0.5) is 0 Å². The number of nitrogens with zero attached hydrogens (tertiary/aromatic N) is 3. The molecule has 4 heterocycles. The number of aromatic nitrogens is 1. The van der Waals surface area contributed by atoms with Crippen LogP contribution in [0.5, 0.6) is 0 Å². The van der Waals surface area contributed by atoms with Gasteiger partial charge in [-0.1, -0.05) is 24.3 Å². The molecule has 3 aliphatic rings. The number of hydrogen-bond acceptors (Lipinski definition) is 6. The van der Waals surface area contributed by atoms with E-state index >= 15 is 0 Å². The predicted molar refractivity (Wildman–Crippen MR) is 119 cm³/mol. The van der Waals surface area contributed by atoms with Crippen LogP contribution in [0.25, 0.3) is 0 Å². The quantitative estimate of drug-likeness (QED) is 0.687. The van der Waals surface area contributed by atoms with Crippen molar-refractivity contribution < 1.29 is 23.1 Å². The maximum Gasteiger partial charge on any atom is 0.250 e. The fourth-order valence-electron chi connectivity index (χ4n) is 5.57. The second kappa shape index (κ2) is 8.35. The molecule has 1 aromatic carbocycles. The van der Waals surface area contributed by atoms with Crippen molar-refractivity contribution in [1.82, 2.24) is 13.8 Å². The molecule has 0 saturated carbocycles. The van der Waals surface area contributed by atoms with Gasteiger partial charge in [0.15, 0.2) is 0 Å². The van der Waals surface area contributed by atoms with Gasteiger partial charge in [0.2, 0.25) is 15.9 Å². The molecular formula is C23H27N3O6S. The number of rotatable bonds is 4. The number of carbonyl (C=O) groups excluding carboxylic acids is 1. The largest absolute Gasteiger partial charge is 0.396 e. The van der Waals surface area contributed by atoms with E-state index in [1.807, 2.05) is 0 Å². The Morgan fingerprint density at radius 2 is 1.85 bits per heavy atom. The number of fused-ring (bicyclic) bond motifs is 4. The van der Waals surface area contributed by atoms with Crippen LogP contribution in [0.2, 0.25) is 0 Å². The summed E-state index contributed by atoms with van der Waals surface area (Å²) < 4.78 is 36.3. The van der Waals surface area contributed by atoms with Crippen LogP contribution in [-0.4, -0.2) is 72.2 Å². The molecular weight excluding hydrogens is 446 g/mol. The van der Waals surface area contributed by atoms with Gasteiger partial charge in [-0.3, -0.25) is 9.59 Å². The van der Waals surface area contributed by atoms with Gasteiger partial charge in [0.25, 0.3) is 5.56 Å². The Labute approximate surface area is 192 Å². The maximum atomic E-state index is 14.0. The maximum absolute atomic E-state index is 14.0. The molecule has 2 aromatic rings. The summed E-state index contributed by atoms with van der Waals surface area (Å²) in [5, 5.41) is 10.4. The van der Waals surface area contributed by atoms with Crippen molar-refractivity contribution in [2.75, 3.05) is 32.9 Å². The Bertz CT molecular complexity index is 1240. The third-order valence-electron chi connectivity index (χ3n) is 7.12. The first-order valence-corrected chi connectivity index (χ1v) is 12.6. The second-order valence-electron chi connectivity index (χ2n) is 8.82. The van der Waals surface area contributed by atoms with Gasteiger partial charge in [-0.05, 0) is 24.6 Å². The highest BCUT2D eigenvalue weighted by molar-refractivity contribution is 7.89. The van der Waals surface area contributed by atoms with Crippen LogP contribution < -0.4 is 5.56 Å². The van der Waals surface area contributed by atoms with Gasteiger partial charge >= 0.3 is 0 Å². The molecule has 0 aliphatic carbocycles. The van der Waals surface area contributed by atoms with E-state index in [2.05, 4.69) is 0 Å². The molecule has 9 nitrogen and oxygen atoms in total. The molecule has 0 radical (unpaired) electrons. The van der Waals surface area contributed by atoms with E-state index in [9.17, 15) is 23.1 Å². The fourth-order valence-corrected chi connectivity index (χ4v) is 7.64. The van der Waals surface area contributed by atoms with Gasteiger partial charge in [0.1, 0.15) is 0 Å². The minimum atomic E-state index is -4.01. The zero-order valence-corrected chi connectivity index (χ0v) is 19.1. The molecule has 0 spiro atoms. The van der Waals surface area contributed by atoms with Crippen molar-refractivity contribution in [2.24, 2.45) is 11.8 Å². The number of hydrogen-bond donors (Lipinski definition) is 1. The molecule has 2 bridgehead atoms. The summed E-state index contributed by atoms with van der Waals surface area (Å²) in [6.07, 6.45) is 0. The highest BCUT2D eigenvalue weighted by Gasteiger charge is 2.60. The zero-order chi connectivity index (χ0) is 23.3. The molecule has 2 saturated heterocycles. The molecule has 2 fully saturated rings. The lowest BCUT2D eigenvalue weighted by molar-refractivity contribution is -0.142. The van der Waals surface area contributed by atoms with Crippen molar-refractivity contribution >= 4 is 15.9 Å². The summed E-state index contributed by atoms with van der Waals surface area (Å²) in [4.78, 5) is 28.2. The van der Waals surface area contributed by atoms with E-state index in [-0.39, 0.29) is 29.5 Å². The molecule has 5 rings (SSSR count). The summed E-state index contributed by atoms with van der Waals surface area (Å²) in [7, 11) is -4.01. The second-order valence-corrected chi connectivity index (χ2v) is 10.6. The van der Waals surface area contributed by atoms with Gasteiger partial charge < -0.3 is 19.3 Å². The Balaban J connectivity index is 1.68. The van der Waals surface area contributed by atoms with Crippen LogP contribution >= 0.6 is 0 Å². The monoisotopic (exact) mass is 473 g/mol. The molecule has 3 aliphatic heterocycles. The third kappa shape index (κ3) is 3.43. The Kier molecular flexibility index (Phi) is 5.64. The number of pyridine rings is 1. The average Bonchev–Trinajstić information content (AvgIpc) is 3.07. The van der Waals surface area contributed by atoms with E-state index in [1.165, 1.54) is 10.4 Å². The highest BCUT2D eigenvalue weighted by Crippen LogP contribution is 2.51. The Hall–Kier alpha value is -2.53. The molecule has 1 N–H and O–H groups in total. The first-order valence-electron chi connectivity index (χ1n) is 11.1. The van der Waals surface area contributed by atoms with Gasteiger partial charge in [0, 0.05) is 50.0 Å². The number of aliphatic hydroxyl groups is 1. The number of ether oxygens (including phenoxy) is 1. The SMILES string of the molecule is Cc1ccccc1S(=O)(=O)N1[C@@H]2c3cccc(=O)n3C[C@H]1[C@H](CO)[C@H]2C(=O)N1CCOCC1. The number of aryl methyl sites for hydroxylation is 1. The van der Waals surface area contributed by atoms with E-state index in [4.69, 9.17) is 4.74 Å². The third-order valence-corrected chi connectivity index (χ3v) is 9.19. The summed E-state index contributed by atoms with van der Waals surface area (Å²) in [6.45, 7) is 3.12. The molecule has 1 amide bonds. The van der Waals surface area contributed by atoms with Crippen LogP contribution in [0.1, 0.15) is 17.3 Å². The van der Waals surface area contributed by atoms with Crippen LogP contribution in [0.3, 0.4) is 0 Å². The number of carbonyl (C=O) groups is 1. The van der Waals surface area contributed by atoms with Gasteiger partial charge in [0.05, 0.1) is 30.1 Å². The minimum Gasteiger partial charge on any atom is -0.396 e. The lowest BCUT2D eigenvalue weighted by Crippen LogP contribution is -2.49. The minimum absolute atomic E-state index is 0.0920. The molecule has 10 heteroatoms. The van der Waals surface area contributed by atoms with Crippen molar-refractivity contribution in [3.05, 3.63) is 64.1 Å². The van der Waals surface area contributed by atoms with Gasteiger partial charge in [-0.2, -0.15) is 4.31 Å². The number of aliphatic hydroxyl groups excluding tert-OH is 1. The molecule has 33 heavy (non-hydrogen) atoms. The lowest BCUT2D eigenvalue weighted by atomic mass is 9.86. The predicted octanol–water partition coefficient (Wildman–Crippen LogP) is 0.368. The molecule has 0 unspecified atom stereocenters. The van der Waals surface area contributed by atoms with E-state index in [1.54, 1.807) is 52.8 Å². The van der Waals surface area contributed by atoms with Crippen molar-refractivity contribution in [3.63, 3.8) is 0 Å². The highest BCUT2D eigenvalue weighted by atomic mass is 32.2. The summed E-state index contributed by atoms with van der Waals surface area (Å²) >= 11 is 0. The van der Waals surface area contributed by atoms with Gasteiger partial charge in [-0.25, -0.2) is 8.42 Å². The van der Waals surface area contributed by atoms with Crippen LogP contribution in [0.15, 0.2) is 52.2 Å². The number of benzene rings is 1. The van der Waals surface area contributed by atoms with Crippen molar-refractivity contribution in [1.29, 1.82) is 0 Å². The number of amides is 1. The Morgan fingerprint density at radius 3 is 2.55 bits per heavy atom. The van der Waals surface area contributed by atoms with Crippen LogP contribution in [-0.2, 0) is 26.1 Å². The normalized spacial score (nSPS) is 27.4. The van der Waals surface area contributed by atoms with Gasteiger partial charge in [-0.15, -0.1) is 0 Å². The first kappa shape index (κ1) is 22.3. The van der Waals surface area contributed by atoms with Crippen molar-refractivity contribution in [3.8, 4) is 0 Å². The standard InChI is InChI=1S/C23H27N3O6S/c1-15-5-2-3-7-19(15)33(30,31)26-18-13-25-17(6-4-8-20(25)28)22(26)21(16(18)14-27)23(29)24-9-11-32-12-10-24/h2-8,16,18,21-22,27H,9-14H2,1H3/t16-,18-,21+,22+/m0/s1. The molecule has 176 valence electrons. The van der Waals surface area contributed by atoms with E-state index < -0.39 is 33.9 Å². The number of sulfonamides is 1. The topological polar surface area (TPSA) is 109 Å². The molecule has 1 aromatic heterocycles. The fraction of sp³-hybridized carbons (Fsp3) is 0.478. The van der Waals surface area contributed by atoms with E-state index in [0.717, 1.165) is 0 Å². The zero-order valence-electron chi connectivity index (χ0n) is 18.3. The number of morpholine rings is 1. The summed E-state index contributed by atoms with van der Waals surface area (Å²) in [5.41, 5.74) is 0.842. The molecule has 4 atom stereocenters. The lowest BCUT2D eigenvalue weighted by Gasteiger charge is -2.37. The average molecular weight is 474 g/mol. The summed E-state index contributed by atoms with van der Waals surface area (Å²) in [6, 6.07) is 9.88. The summed E-state index contributed by atoms with van der Waals surface area (Å²) in [5.74, 6) is -1.64. The Morgan fingerprint density at radius 1 is 1.12 bits per heavy atom. The first-order chi connectivity index (χ1) is 15.9. The van der Waals surface area contributed by atoms with Crippen LogP contribution in [0, 0.1) is 18.8 Å².